The number of hydrogen-bond donors (Lipinski definition) is 0. The predicted octanol–water partition coefficient (Wildman–Crippen LogP) is 5.08. The van der Waals surface area contributed by atoms with Crippen molar-refractivity contribution >= 4 is 42.6 Å². The molecule has 0 spiro atoms. The molecule has 0 fully saturated rings. The molecule has 2 heteroatoms. The normalized spacial score (nSPS) is 25.4. The fraction of sp³-hybridized carbons (Fsp3) is 0.375. The minimum absolute atomic E-state index is 0.441. The highest BCUT2D eigenvalue weighted by Gasteiger charge is 2.29. The number of hydrogen-bond acceptors (Lipinski definition) is 0. The van der Waals surface area contributed by atoms with Gasteiger partial charge in [0, 0.05) is 4.83 Å². The van der Waals surface area contributed by atoms with Crippen LogP contribution in [0.4, 0.5) is 0 Å². The van der Waals surface area contributed by atoms with Gasteiger partial charge in [0.15, 0.2) is 0 Å². The standard InChI is InChI=1S/C16H14Br2/c17-13-8-11-5-4-9-2-1-3-10-6-7-12(16(13)18)15(11)14(9)10/h4-7,13,16H,1-3,8H2. The lowest BCUT2D eigenvalue weighted by molar-refractivity contribution is 0.795. The van der Waals surface area contributed by atoms with Gasteiger partial charge in [-0.05, 0) is 58.7 Å². The molecule has 2 aromatic carbocycles. The molecule has 18 heavy (non-hydrogen) atoms. The maximum atomic E-state index is 3.86. The molecule has 0 heterocycles. The first-order valence-corrected chi connectivity index (χ1v) is 8.43. The van der Waals surface area contributed by atoms with E-state index < -0.39 is 0 Å². The smallest absolute Gasteiger partial charge is 0.0529 e. The van der Waals surface area contributed by atoms with E-state index in [1.807, 2.05) is 0 Å². The largest absolute Gasteiger partial charge is 0.0871 e. The number of aryl methyl sites for hydroxylation is 2. The zero-order valence-electron chi connectivity index (χ0n) is 10.0. The summed E-state index contributed by atoms with van der Waals surface area (Å²) in [6.07, 6.45) is 4.93. The molecule has 2 aliphatic rings. The van der Waals surface area contributed by atoms with Crippen LogP contribution in [-0.2, 0) is 19.3 Å². The summed E-state index contributed by atoms with van der Waals surface area (Å²) in [5, 5.41) is 3.11. The molecular weight excluding hydrogens is 352 g/mol. The summed E-state index contributed by atoms with van der Waals surface area (Å²) in [6.45, 7) is 0. The lowest BCUT2D eigenvalue weighted by Crippen LogP contribution is -2.18. The van der Waals surface area contributed by atoms with Crippen molar-refractivity contribution in [3.63, 3.8) is 0 Å². The van der Waals surface area contributed by atoms with Gasteiger partial charge in [-0.15, -0.1) is 0 Å². The van der Waals surface area contributed by atoms with Crippen LogP contribution in [0.25, 0.3) is 10.8 Å². The molecule has 2 unspecified atom stereocenters. The van der Waals surface area contributed by atoms with Gasteiger partial charge in [0.2, 0.25) is 0 Å². The maximum Gasteiger partial charge on any atom is 0.0529 e. The molecule has 4 rings (SSSR count). The van der Waals surface area contributed by atoms with E-state index in [4.69, 9.17) is 0 Å². The molecule has 0 saturated heterocycles. The molecule has 0 radical (unpaired) electrons. The summed E-state index contributed by atoms with van der Waals surface area (Å²) >= 11 is 7.67. The Morgan fingerprint density at radius 3 is 2.28 bits per heavy atom. The Hall–Kier alpha value is -0.340. The summed E-state index contributed by atoms with van der Waals surface area (Å²) in [7, 11) is 0. The van der Waals surface area contributed by atoms with Crippen molar-refractivity contribution in [3.05, 3.63) is 46.5 Å². The Morgan fingerprint density at radius 2 is 1.50 bits per heavy atom. The predicted molar refractivity (Wildman–Crippen MR) is 84.1 cm³/mol. The SMILES string of the molecule is BrC1Cc2ccc3c4c(ccc(c24)C1Br)CCC3. The third-order valence-electron chi connectivity index (χ3n) is 4.37. The second-order valence-electron chi connectivity index (χ2n) is 5.42. The van der Waals surface area contributed by atoms with Crippen molar-refractivity contribution in [2.75, 3.05) is 0 Å². The van der Waals surface area contributed by atoms with Crippen LogP contribution < -0.4 is 0 Å². The van der Waals surface area contributed by atoms with Crippen molar-refractivity contribution in [3.8, 4) is 0 Å². The van der Waals surface area contributed by atoms with Gasteiger partial charge in [-0.1, -0.05) is 56.1 Å². The quantitative estimate of drug-likeness (QED) is 0.571. The van der Waals surface area contributed by atoms with E-state index in [9.17, 15) is 0 Å². The summed E-state index contributed by atoms with van der Waals surface area (Å²) in [4.78, 5) is 0.948. The number of halogens is 2. The minimum atomic E-state index is 0.441. The number of benzene rings is 2. The Balaban J connectivity index is 2.14. The fourth-order valence-corrected chi connectivity index (χ4v) is 4.74. The van der Waals surface area contributed by atoms with Crippen molar-refractivity contribution in [1.82, 2.24) is 0 Å². The summed E-state index contributed by atoms with van der Waals surface area (Å²) in [5.74, 6) is 0. The van der Waals surface area contributed by atoms with Crippen LogP contribution in [0.2, 0.25) is 0 Å². The zero-order valence-corrected chi connectivity index (χ0v) is 13.2. The Labute approximate surface area is 124 Å². The maximum absolute atomic E-state index is 3.86. The summed E-state index contributed by atoms with van der Waals surface area (Å²) < 4.78 is 0. The van der Waals surface area contributed by atoms with Crippen molar-refractivity contribution < 1.29 is 0 Å². The molecule has 2 aromatic rings. The van der Waals surface area contributed by atoms with E-state index in [2.05, 4.69) is 56.1 Å². The molecule has 0 aliphatic heterocycles. The third kappa shape index (κ3) is 1.48. The zero-order chi connectivity index (χ0) is 12.3. The first-order valence-electron chi connectivity index (χ1n) is 6.60. The van der Waals surface area contributed by atoms with Crippen molar-refractivity contribution in [2.24, 2.45) is 0 Å². The monoisotopic (exact) mass is 364 g/mol. The molecule has 92 valence electrons. The summed E-state index contributed by atoms with van der Waals surface area (Å²) in [5.41, 5.74) is 6.11. The van der Waals surface area contributed by atoms with E-state index >= 15 is 0 Å². The Morgan fingerprint density at radius 1 is 0.833 bits per heavy atom. The fourth-order valence-electron chi connectivity index (χ4n) is 3.54. The molecule has 2 aliphatic carbocycles. The molecule has 0 bridgehead atoms. The second kappa shape index (κ2) is 4.08. The highest BCUT2D eigenvalue weighted by molar-refractivity contribution is 9.12. The molecule has 0 amide bonds. The number of rotatable bonds is 0. The molecular formula is C16H14Br2. The average Bonchev–Trinajstić information content (AvgIpc) is 2.40. The van der Waals surface area contributed by atoms with Gasteiger partial charge in [-0.2, -0.15) is 0 Å². The topological polar surface area (TPSA) is 0 Å². The van der Waals surface area contributed by atoms with E-state index in [0.717, 1.165) is 6.42 Å². The van der Waals surface area contributed by atoms with E-state index in [0.29, 0.717) is 9.65 Å². The molecule has 0 aromatic heterocycles. The molecule has 2 atom stereocenters. The van der Waals surface area contributed by atoms with Gasteiger partial charge in [0.05, 0.1) is 4.83 Å². The average molecular weight is 366 g/mol. The number of alkyl halides is 2. The highest BCUT2D eigenvalue weighted by Crippen LogP contribution is 2.45. The van der Waals surface area contributed by atoms with Crippen LogP contribution in [0.3, 0.4) is 0 Å². The first-order chi connectivity index (χ1) is 8.75. The first kappa shape index (κ1) is 11.5. The Kier molecular flexibility index (Phi) is 2.60. The molecule has 0 saturated carbocycles. The van der Waals surface area contributed by atoms with Crippen LogP contribution in [0.5, 0.6) is 0 Å². The minimum Gasteiger partial charge on any atom is -0.0871 e. The molecule has 0 nitrogen and oxygen atoms in total. The van der Waals surface area contributed by atoms with Crippen LogP contribution >= 0.6 is 31.9 Å². The lowest BCUT2D eigenvalue weighted by Gasteiger charge is -2.29. The van der Waals surface area contributed by atoms with Crippen molar-refractivity contribution in [1.29, 1.82) is 0 Å². The van der Waals surface area contributed by atoms with Gasteiger partial charge in [0.1, 0.15) is 0 Å². The van der Waals surface area contributed by atoms with E-state index in [1.54, 1.807) is 21.9 Å². The van der Waals surface area contributed by atoms with Crippen molar-refractivity contribution in [2.45, 2.75) is 35.3 Å². The third-order valence-corrected chi connectivity index (χ3v) is 7.07. The summed E-state index contributed by atoms with van der Waals surface area (Å²) in [6, 6.07) is 9.40. The second-order valence-corrected chi connectivity index (χ2v) is 7.59. The highest BCUT2D eigenvalue weighted by atomic mass is 79.9. The van der Waals surface area contributed by atoms with Gasteiger partial charge >= 0.3 is 0 Å². The van der Waals surface area contributed by atoms with Crippen LogP contribution in [-0.4, -0.2) is 4.83 Å². The van der Waals surface area contributed by atoms with Crippen LogP contribution in [0.1, 0.15) is 33.5 Å². The molecule has 0 N–H and O–H groups in total. The van der Waals surface area contributed by atoms with E-state index in [-0.39, 0.29) is 0 Å². The van der Waals surface area contributed by atoms with Gasteiger partial charge in [-0.25, -0.2) is 0 Å². The lowest BCUT2D eigenvalue weighted by atomic mass is 9.80. The van der Waals surface area contributed by atoms with Gasteiger partial charge in [0.25, 0.3) is 0 Å². The van der Waals surface area contributed by atoms with Gasteiger partial charge in [-0.3, -0.25) is 0 Å². The van der Waals surface area contributed by atoms with Gasteiger partial charge < -0.3 is 0 Å². The van der Waals surface area contributed by atoms with Crippen LogP contribution in [0, 0.1) is 0 Å². The van der Waals surface area contributed by atoms with E-state index in [1.165, 1.54) is 30.4 Å². The Bertz CT molecular complexity index is 635. The van der Waals surface area contributed by atoms with Crippen LogP contribution in [0.15, 0.2) is 24.3 Å².